The number of methoxy groups -OCH3 is 1. The summed E-state index contributed by atoms with van der Waals surface area (Å²) in [4.78, 5) is 36.6. The predicted molar refractivity (Wildman–Crippen MR) is 389 cm³/mol. The molecule has 91 heavy (non-hydrogen) atoms. The highest BCUT2D eigenvalue weighted by Crippen LogP contribution is 2.35. The number of amides is 1. The normalized spacial score (nSPS) is 12.6. The summed E-state index contributed by atoms with van der Waals surface area (Å²) >= 11 is 0. The molecule has 1 fully saturated rings. The standard InChI is InChI=1S/C19H22O.C17H21NO.C17H20O.C16H20O2.C15H19N/c1-19(2,3)17-9-8-15-10-13(4-5-16(15)12-17)11-18(20)14-6-7-14;1-17(2,3)15-9-8-12-10-14(16(19)18(4)5)7-6-13(12)11-15;1-12(18)9-13-5-6-15-11-16(17(2,3)4)8-7-14(15)10-13;1-16(2,3)12-6-7-13-11(9-12)5-8-15(18-4)14(13)10-17;1-15(2,3)13-7-5-12-10-14(16-4)8-6-11(12)9-13/h4-5,8-10,12,14H,6-7,11H2,1-3H3;6-11H,1-5H3;5-8,10-11H,9H2,1-4H3;5-9,17H,10H2,1-4H3;5-10,16H,1-4H3. The van der Waals surface area contributed by atoms with Crippen LogP contribution in [0.1, 0.15) is 178 Å². The second kappa shape index (κ2) is 29.0. The third kappa shape index (κ3) is 19.2. The van der Waals surface area contributed by atoms with E-state index in [-0.39, 0.29) is 45.4 Å². The number of ether oxygens (including phenoxy) is 1. The number of nitrogens with zero attached hydrogens (tertiary/aromatic N) is 1. The number of carbonyl (C=O) groups is 3. The Balaban J connectivity index is 0.000000162. The molecule has 11 rings (SSSR count). The fourth-order valence-corrected chi connectivity index (χ4v) is 10.9. The van der Waals surface area contributed by atoms with E-state index in [4.69, 9.17) is 4.74 Å². The van der Waals surface area contributed by atoms with E-state index in [0.29, 0.717) is 24.5 Å². The maximum atomic E-state index is 11.9. The number of fused-ring (bicyclic) bond motifs is 5. The second-order valence-electron chi connectivity index (χ2n) is 30.2. The highest BCUT2D eigenvalue weighted by molar-refractivity contribution is 5.99. The van der Waals surface area contributed by atoms with E-state index in [1.165, 1.54) is 65.5 Å². The fourth-order valence-electron chi connectivity index (χ4n) is 10.9. The molecule has 0 atom stereocenters. The summed E-state index contributed by atoms with van der Waals surface area (Å²) in [5.74, 6) is 1.76. The minimum absolute atomic E-state index is 0.00459. The molecule has 478 valence electrons. The van der Waals surface area contributed by atoms with E-state index in [1.807, 2.05) is 37.4 Å². The van der Waals surface area contributed by atoms with E-state index < -0.39 is 0 Å². The highest BCUT2D eigenvalue weighted by atomic mass is 16.5. The Kier molecular flexibility index (Phi) is 22.4. The van der Waals surface area contributed by atoms with Crippen LogP contribution in [-0.4, -0.2) is 55.7 Å². The van der Waals surface area contributed by atoms with Crippen LogP contribution in [0.3, 0.4) is 0 Å². The molecule has 1 aliphatic rings. The van der Waals surface area contributed by atoms with Crippen molar-refractivity contribution in [3.05, 3.63) is 226 Å². The Morgan fingerprint density at radius 1 is 0.451 bits per heavy atom. The molecular formula is C84H102N2O5. The molecule has 0 heterocycles. The molecule has 0 aliphatic heterocycles. The molecule has 2 N–H and O–H groups in total. The molecule has 0 radical (unpaired) electrons. The first-order valence-corrected chi connectivity index (χ1v) is 32.3. The molecule has 7 nitrogen and oxygen atoms in total. The van der Waals surface area contributed by atoms with Crippen LogP contribution in [0.5, 0.6) is 5.75 Å². The number of aliphatic hydroxyl groups excluding tert-OH is 1. The lowest BCUT2D eigenvalue weighted by molar-refractivity contribution is -0.119. The molecule has 1 amide bonds. The van der Waals surface area contributed by atoms with Gasteiger partial charge in [0.1, 0.15) is 17.3 Å². The first kappa shape index (κ1) is 70.3. The van der Waals surface area contributed by atoms with Crippen LogP contribution in [0.2, 0.25) is 0 Å². The minimum Gasteiger partial charge on any atom is -0.496 e. The highest BCUT2D eigenvalue weighted by Gasteiger charge is 2.29. The average molecular weight is 1220 g/mol. The number of anilines is 1. The van der Waals surface area contributed by atoms with E-state index in [1.54, 1.807) is 33.0 Å². The number of benzene rings is 10. The van der Waals surface area contributed by atoms with Gasteiger partial charge in [-0.05, 0) is 170 Å². The minimum atomic E-state index is -0.00459. The van der Waals surface area contributed by atoms with Gasteiger partial charge >= 0.3 is 0 Å². The van der Waals surface area contributed by atoms with Gasteiger partial charge in [0.25, 0.3) is 5.91 Å². The summed E-state index contributed by atoms with van der Waals surface area (Å²) in [7, 11) is 7.12. The van der Waals surface area contributed by atoms with Gasteiger partial charge in [0.05, 0.1) is 13.7 Å². The molecule has 0 saturated heterocycles. The van der Waals surface area contributed by atoms with Crippen molar-refractivity contribution >= 4 is 77.0 Å². The lowest BCUT2D eigenvalue weighted by atomic mass is 9.85. The Labute approximate surface area is 544 Å². The van der Waals surface area contributed by atoms with Gasteiger partial charge in [-0.3, -0.25) is 14.4 Å². The molecule has 10 aromatic rings. The molecule has 1 saturated carbocycles. The maximum Gasteiger partial charge on any atom is 0.253 e. The van der Waals surface area contributed by atoms with Gasteiger partial charge in [-0.1, -0.05) is 249 Å². The third-order valence-electron chi connectivity index (χ3n) is 17.1. The zero-order chi connectivity index (χ0) is 67.0. The van der Waals surface area contributed by atoms with Crippen molar-refractivity contribution in [1.82, 2.24) is 4.90 Å². The third-order valence-corrected chi connectivity index (χ3v) is 17.1. The quantitative estimate of drug-likeness (QED) is 0.149. The SMILES string of the molecule is CC(=O)Cc1ccc2cc(C(C)(C)C)ccc2c1.CC(C)(C)c1ccc2cc(CC(=O)C3CC3)ccc2c1.CN(C)C(=O)c1ccc2cc(C(C)(C)C)ccc2c1.CNc1ccc2cc(C(C)(C)C)ccc2c1.COc1ccc2cc(C(C)(C)C)ccc2c1CO. The van der Waals surface area contributed by atoms with Gasteiger partial charge in [-0.25, -0.2) is 0 Å². The molecule has 7 heteroatoms. The summed E-state index contributed by atoms with van der Waals surface area (Å²) in [6, 6.07) is 61.8. The van der Waals surface area contributed by atoms with E-state index >= 15 is 0 Å². The number of rotatable bonds is 9. The Morgan fingerprint density at radius 3 is 1.19 bits per heavy atom. The molecule has 0 aromatic heterocycles. The van der Waals surface area contributed by atoms with Gasteiger partial charge < -0.3 is 20.1 Å². The summed E-state index contributed by atoms with van der Waals surface area (Å²) in [5, 5.41) is 24.7. The number of nitrogens with one attached hydrogen (secondary N) is 1. The fraction of sp³-hybridized carbons (Fsp3) is 0.369. The molecule has 10 aromatic carbocycles. The van der Waals surface area contributed by atoms with Crippen molar-refractivity contribution in [3.63, 3.8) is 0 Å². The molecule has 0 spiro atoms. The van der Waals surface area contributed by atoms with Crippen molar-refractivity contribution in [3.8, 4) is 5.75 Å². The topological polar surface area (TPSA) is 95.9 Å². The van der Waals surface area contributed by atoms with Crippen molar-refractivity contribution in [2.45, 2.75) is 170 Å². The monoisotopic (exact) mass is 1220 g/mol. The van der Waals surface area contributed by atoms with Crippen LogP contribution in [0.25, 0.3) is 53.9 Å². The molecule has 1 aliphatic carbocycles. The summed E-state index contributed by atoms with van der Waals surface area (Å²) in [5.41, 5.74) is 12.5. The zero-order valence-electron chi connectivity index (χ0n) is 58.4. The number of ketones is 2. The first-order chi connectivity index (χ1) is 42.5. The lowest BCUT2D eigenvalue weighted by Crippen LogP contribution is -2.21. The van der Waals surface area contributed by atoms with Crippen LogP contribution in [0, 0.1) is 5.92 Å². The van der Waals surface area contributed by atoms with Crippen LogP contribution < -0.4 is 10.1 Å². The van der Waals surface area contributed by atoms with Crippen molar-refractivity contribution in [2.75, 3.05) is 33.6 Å². The lowest BCUT2D eigenvalue weighted by Gasteiger charge is -2.20. The molecule has 0 bridgehead atoms. The van der Waals surface area contributed by atoms with Gasteiger partial charge in [0, 0.05) is 56.7 Å². The van der Waals surface area contributed by atoms with Crippen LogP contribution in [-0.2, 0) is 56.1 Å². The predicted octanol–water partition coefficient (Wildman–Crippen LogP) is 20.6. The Hall–Kier alpha value is -8.13. The van der Waals surface area contributed by atoms with Crippen LogP contribution >= 0.6 is 0 Å². The number of aliphatic hydroxyl groups is 1. The average Bonchev–Trinajstić information content (AvgIpc) is 1.32. The molecular weight excluding hydrogens is 1120 g/mol. The number of carbonyl (C=O) groups excluding carboxylic acids is 3. The summed E-state index contributed by atoms with van der Waals surface area (Å²) < 4.78 is 5.28. The second-order valence-corrected chi connectivity index (χ2v) is 30.2. The van der Waals surface area contributed by atoms with Crippen molar-refractivity contribution < 1.29 is 24.2 Å². The molecule has 0 unspecified atom stereocenters. The van der Waals surface area contributed by atoms with Gasteiger partial charge in [-0.2, -0.15) is 0 Å². The van der Waals surface area contributed by atoms with Crippen molar-refractivity contribution in [1.29, 1.82) is 0 Å². The van der Waals surface area contributed by atoms with E-state index in [0.717, 1.165) is 62.7 Å². The van der Waals surface area contributed by atoms with Crippen LogP contribution in [0.15, 0.2) is 176 Å². The first-order valence-electron chi connectivity index (χ1n) is 32.3. The zero-order valence-corrected chi connectivity index (χ0v) is 58.4. The smallest absolute Gasteiger partial charge is 0.253 e. The van der Waals surface area contributed by atoms with E-state index in [2.05, 4.69) is 255 Å². The van der Waals surface area contributed by atoms with E-state index in [9.17, 15) is 19.5 Å². The van der Waals surface area contributed by atoms with Gasteiger partial charge in [-0.15, -0.1) is 0 Å². The Bertz CT molecular complexity index is 4200. The number of hydrogen-bond acceptors (Lipinski definition) is 6. The van der Waals surface area contributed by atoms with Gasteiger partial charge in [0.2, 0.25) is 0 Å². The number of hydrogen-bond donors (Lipinski definition) is 2. The Morgan fingerprint density at radius 2 is 0.802 bits per heavy atom. The van der Waals surface area contributed by atoms with Gasteiger partial charge in [0.15, 0.2) is 0 Å². The largest absolute Gasteiger partial charge is 0.496 e. The maximum absolute atomic E-state index is 11.9. The summed E-state index contributed by atoms with van der Waals surface area (Å²) in [6.45, 7) is 34.9. The summed E-state index contributed by atoms with van der Waals surface area (Å²) in [6.07, 6.45) is 3.32. The van der Waals surface area contributed by atoms with Crippen LogP contribution in [0.4, 0.5) is 5.69 Å². The number of Topliss-reactive ketones (excluding diaryl/α,β-unsaturated/α-hetero) is 2. The van der Waals surface area contributed by atoms with Crippen molar-refractivity contribution in [2.24, 2.45) is 5.92 Å².